The average molecular weight is 1100 g/mol. The van der Waals surface area contributed by atoms with Crippen molar-refractivity contribution in [3.63, 3.8) is 0 Å². The number of fused-ring (bicyclic) bond motifs is 3. The van der Waals surface area contributed by atoms with Gasteiger partial charge in [-0.25, -0.2) is 0 Å². The molecule has 0 radical (unpaired) electrons. The Bertz CT molecular complexity index is 1470. The third-order valence-corrected chi connectivity index (χ3v) is 20.8. The Morgan fingerprint density at radius 3 is 1.01 bits per heavy atom. The number of rotatable bonds is 18. The third kappa shape index (κ3) is 25.9. The van der Waals surface area contributed by atoms with Gasteiger partial charge in [0.2, 0.25) is 0 Å². The Morgan fingerprint density at radius 2 is 0.654 bits per heavy atom. The topological polar surface area (TPSA) is 19.4 Å². The summed E-state index contributed by atoms with van der Waals surface area (Å²) < 4.78 is 0. The number of likely N-dealkylation sites (tertiary alicyclic amines) is 5. The summed E-state index contributed by atoms with van der Waals surface area (Å²) in [5.74, 6) is 17.5. The number of hydrogen-bond donors (Lipinski definition) is 0. The predicted octanol–water partition coefficient (Wildman–Crippen LogP) is 17.3. The summed E-state index contributed by atoms with van der Waals surface area (Å²) in [6.07, 6.45) is 12.9. The maximum absolute atomic E-state index is 2.82. The Morgan fingerprint density at radius 1 is 0.321 bits per heavy atom. The van der Waals surface area contributed by atoms with Crippen molar-refractivity contribution in [1.82, 2.24) is 29.4 Å². The van der Waals surface area contributed by atoms with Gasteiger partial charge in [-0.15, -0.1) is 0 Å². The highest BCUT2D eigenvalue weighted by molar-refractivity contribution is 5.06. The molecule has 8 aliphatic rings. The molecule has 0 aromatic heterocycles. The van der Waals surface area contributed by atoms with E-state index in [1.165, 1.54) is 163 Å². The zero-order valence-corrected chi connectivity index (χ0v) is 58.0. The summed E-state index contributed by atoms with van der Waals surface area (Å²) in [6.45, 7) is 80.0. The van der Waals surface area contributed by atoms with E-state index in [1.807, 2.05) is 0 Å². The lowest BCUT2D eigenvalue weighted by atomic mass is 9.72. The lowest BCUT2D eigenvalue weighted by molar-refractivity contribution is 0.0579. The Labute approximate surface area is 492 Å². The lowest BCUT2D eigenvalue weighted by Gasteiger charge is -2.42. The van der Waals surface area contributed by atoms with E-state index in [9.17, 15) is 0 Å². The lowest BCUT2D eigenvalue weighted by Crippen LogP contribution is -2.50. The molecular weight excluding hydrogens is 949 g/mol. The van der Waals surface area contributed by atoms with Crippen LogP contribution in [0.3, 0.4) is 0 Å². The van der Waals surface area contributed by atoms with Crippen LogP contribution in [0.15, 0.2) is 0 Å². The minimum Gasteiger partial charge on any atom is -0.303 e. The van der Waals surface area contributed by atoms with Crippen molar-refractivity contribution in [3.05, 3.63) is 0 Å². The van der Waals surface area contributed by atoms with Crippen LogP contribution < -0.4 is 0 Å². The van der Waals surface area contributed by atoms with Crippen LogP contribution >= 0.6 is 0 Å². The molecule has 7 aliphatic heterocycles. The molecule has 0 amide bonds. The molecule has 78 heavy (non-hydrogen) atoms. The normalized spacial score (nSPS) is 28.3. The van der Waals surface area contributed by atoms with E-state index in [0.717, 1.165) is 125 Å². The number of nitrogens with zero attached hydrogens (tertiary/aromatic N) is 6. The summed E-state index contributed by atoms with van der Waals surface area (Å²) in [5.41, 5.74) is 0.605. The van der Waals surface area contributed by atoms with E-state index >= 15 is 0 Å². The first-order valence-electron chi connectivity index (χ1n) is 34.8. The molecule has 5 atom stereocenters. The first-order chi connectivity index (χ1) is 36.4. The van der Waals surface area contributed by atoms with E-state index < -0.39 is 0 Å². The zero-order valence-electron chi connectivity index (χ0n) is 58.0. The maximum atomic E-state index is 2.82. The minimum absolute atomic E-state index is 0.605. The molecule has 0 N–H and O–H groups in total. The highest BCUT2D eigenvalue weighted by Crippen LogP contribution is 2.55. The van der Waals surface area contributed by atoms with Gasteiger partial charge in [-0.1, -0.05) is 173 Å². The molecule has 2 bridgehead atoms. The predicted molar refractivity (Wildman–Crippen MR) is 349 cm³/mol. The molecule has 5 unspecified atom stereocenters. The van der Waals surface area contributed by atoms with E-state index in [1.54, 1.807) is 0 Å². The van der Waals surface area contributed by atoms with E-state index in [4.69, 9.17) is 0 Å². The van der Waals surface area contributed by atoms with Gasteiger partial charge < -0.3 is 24.5 Å². The van der Waals surface area contributed by atoms with Gasteiger partial charge >= 0.3 is 0 Å². The van der Waals surface area contributed by atoms with Crippen molar-refractivity contribution < 1.29 is 0 Å². The Hall–Kier alpha value is -0.240. The van der Waals surface area contributed by atoms with Gasteiger partial charge in [0, 0.05) is 84.1 Å². The SMILES string of the molecule is CC(C)CN1C2CCC1CC(C(C)C)C2.CC(C)CN1CC(C(C)C)C1.CC(C)CN1CC2C(C1)C2C(C)C.CC(C)CN1CCC(C(C)C)C1.CC(C)CN1CCC(C(C)C)CC1.CC(C)CN1CCC(C)(C(C)C)CC1. The standard InChI is InChI=1S/C14H27N.C13H27N.C12H23N.C12H25N.C11H23N.C10H21N/c1-10(2)9-15-13-5-6-14(15)8-12(7-13)11(3)4;1-11(2)10-14-8-6-13(5,7-9-14)12(3)4;1-8(2)5-13-6-10-11(7-13)12(10)9(3)4;1-10(2)9-13-7-5-12(6-8-13)11(3)4;1-9(2)7-12-6-5-11(8-12)10(3)4;1-8(2)5-11-6-10(7-11)9(3)4/h10-14H,5-9H2,1-4H3;11-12H,6-10H2,1-5H3;8-12H,5-7H2,1-4H3;10-12H,5-9H2,1-4H3;9-11H,5-8H2,1-4H3;8-10H,5-7H2,1-4H3. The van der Waals surface area contributed by atoms with Crippen LogP contribution in [-0.4, -0.2) is 146 Å². The van der Waals surface area contributed by atoms with Gasteiger partial charge in [0.05, 0.1) is 0 Å². The van der Waals surface area contributed by atoms with E-state index in [-0.39, 0.29) is 0 Å². The van der Waals surface area contributed by atoms with Gasteiger partial charge in [0.25, 0.3) is 0 Å². The Kier molecular flexibility index (Phi) is 32.6. The smallest absolute Gasteiger partial charge is 0.0102 e. The fourth-order valence-electron chi connectivity index (χ4n) is 15.3. The monoisotopic (exact) mass is 1100 g/mol. The molecule has 464 valence electrons. The average Bonchev–Trinajstić information content (AvgIpc) is 3.52. The number of piperidine rings is 4. The summed E-state index contributed by atoms with van der Waals surface area (Å²) >= 11 is 0. The van der Waals surface area contributed by atoms with Crippen molar-refractivity contribution in [1.29, 1.82) is 0 Å². The third-order valence-electron chi connectivity index (χ3n) is 20.8. The van der Waals surface area contributed by atoms with Gasteiger partial charge in [0.15, 0.2) is 0 Å². The van der Waals surface area contributed by atoms with Gasteiger partial charge in [-0.3, -0.25) is 4.90 Å². The molecule has 0 spiro atoms. The largest absolute Gasteiger partial charge is 0.303 e. The highest BCUT2D eigenvalue weighted by Gasteiger charge is 2.56. The molecule has 1 aliphatic carbocycles. The molecule has 6 heteroatoms. The molecule has 7 heterocycles. The van der Waals surface area contributed by atoms with Crippen LogP contribution in [-0.2, 0) is 0 Å². The fourth-order valence-corrected chi connectivity index (χ4v) is 15.3. The van der Waals surface area contributed by atoms with Crippen LogP contribution in [0.4, 0.5) is 0 Å². The molecule has 7 saturated heterocycles. The summed E-state index contributed by atoms with van der Waals surface area (Å²) in [6, 6.07) is 1.86. The van der Waals surface area contributed by atoms with Crippen LogP contribution in [0.1, 0.15) is 231 Å². The second kappa shape index (κ2) is 35.3. The minimum atomic E-state index is 0.605. The fraction of sp³-hybridized carbons (Fsp3) is 1.00. The first kappa shape index (κ1) is 72.0. The Balaban J connectivity index is 0.000000247. The van der Waals surface area contributed by atoms with Gasteiger partial charge in [-0.2, -0.15) is 0 Å². The molecule has 0 aromatic rings. The van der Waals surface area contributed by atoms with Crippen molar-refractivity contribution in [2.24, 2.45) is 118 Å². The van der Waals surface area contributed by atoms with Crippen LogP contribution in [0.2, 0.25) is 0 Å². The quantitative estimate of drug-likeness (QED) is 0.135. The number of hydrogen-bond acceptors (Lipinski definition) is 6. The second-order valence-corrected chi connectivity index (χ2v) is 33.1. The van der Waals surface area contributed by atoms with Gasteiger partial charge in [0.1, 0.15) is 0 Å². The van der Waals surface area contributed by atoms with E-state index in [0.29, 0.717) is 5.41 Å². The van der Waals surface area contributed by atoms with Gasteiger partial charge in [-0.05, 0) is 208 Å². The highest BCUT2D eigenvalue weighted by atomic mass is 15.2. The van der Waals surface area contributed by atoms with Crippen LogP contribution in [0.25, 0.3) is 0 Å². The second-order valence-electron chi connectivity index (χ2n) is 33.1. The van der Waals surface area contributed by atoms with Crippen molar-refractivity contribution in [2.75, 3.05) is 105 Å². The molecule has 0 aromatic carbocycles. The summed E-state index contributed by atoms with van der Waals surface area (Å²) in [7, 11) is 0. The molecule has 6 nitrogen and oxygen atoms in total. The van der Waals surface area contributed by atoms with Crippen molar-refractivity contribution in [2.45, 2.75) is 243 Å². The van der Waals surface area contributed by atoms with Crippen molar-refractivity contribution >= 4 is 0 Å². The first-order valence-corrected chi connectivity index (χ1v) is 34.8. The van der Waals surface area contributed by atoms with Crippen molar-refractivity contribution in [3.8, 4) is 0 Å². The summed E-state index contributed by atoms with van der Waals surface area (Å²) in [4.78, 5) is 15.9. The van der Waals surface area contributed by atoms with E-state index in [2.05, 4.69) is 202 Å². The molecule has 8 fully saturated rings. The molecule has 8 rings (SSSR count). The summed E-state index contributed by atoms with van der Waals surface area (Å²) in [5, 5.41) is 0. The van der Waals surface area contributed by atoms with Crippen LogP contribution in [0, 0.1) is 118 Å². The van der Waals surface area contributed by atoms with Crippen LogP contribution in [0.5, 0.6) is 0 Å². The maximum Gasteiger partial charge on any atom is 0.0102 e. The molecular formula is C72H146N6. The zero-order chi connectivity index (χ0) is 58.8. The molecule has 1 saturated carbocycles.